The average molecular weight is 283 g/mol. The van der Waals surface area contributed by atoms with Crippen molar-refractivity contribution in [2.45, 2.75) is 26.2 Å². The zero-order valence-electron chi connectivity index (χ0n) is 11.6. The van der Waals surface area contributed by atoms with Crippen LogP contribution >= 0.6 is 11.3 Å². The highest BCUT2D eigenvalue weighted by molar-refractivity contribution is 7.09. The van der Waals surface area contributed by atoms with Gasteiger partial charge in [-0.15, -0.1) is 11.3 Å². The molecule has 1 atom stereocenters. The lowest BCUT2D eigenvalue weighted by molar-refractivity contribution is 0.780. The molecule has 3 nitrogen and oxygen atoms in total. The van der Waals surface area contributed by atoms with Crippen LogP contribution in [0.15, 0.2) is 42.4 Å². The molecule has 3 rings (SSSR count). The van der Waals surface area contributed by atoms with E-state index in [9.17, 15) is 0 Å². The fourth-order valence-corrected chi connectivity index (χ4v) is 3.18. The maximum Gasteiger partial charge on any atom is 0.0921 e. The third-order valence-electron chi connectivity index (χ3n) is 3.81. The molecule has 4 heteroatoms. The number of nitrogens with zero attached hydrogens (tertiary/aromatic N) is 2. The lowest BCUT2D eigenvalue weighted by Crippen LogP contribution is -2.07. The van der Waals surface area contributed by atoms with E-state index in [1.54, 1.807) is 17.7 Å². The van der Waals surface area contributed by atoms with Crippen molar-refractivity contribution in [1.82, 2.24) is 15.0 Å². The molecule has 1 aromatic carbocycles. The summed E-state index contributed by atoms with van der Waals surface area (Å²) in [6.07, 6.45) is 6.59. The minimum absolute atomic E-state index is 0.304. The molecule has 2 heterocycles. The number of benzene rings is 1. The molecule has 0 aliphatic rings. The molecule has 0 saturated heterocycles. The number of aromatic nitrogens is 3. The van der Waals surface area contributed by atoms with E-state index >= 15 is 0 Å². The highest BCUT2D eigenvalue weighted by Gasteiger charge is 2.19. The van der Waals surface area contributed by atoms with Crippen LogP contribution in [0.3, 0.4) is 0 Å². The molecule has 0 aliphatic heterocycles. The molecule has 0 aliphatic carbocycles. The summed E-state index contributed by atoms with van der Waals surface area (Å²) in [6, 6.07) is 6.51. The van der Waals surface area contributed by atoms with Crippen molar-refractivity contribution in [3.8, 4) is 0 Å². The van der Waals surface area contributed by atoms with Gasteiger partial charge in [-0.05, 0) is 37.0 Å². The second kappa shape index (κ2) is 5.59. The number of H-pyrrole nitrogens is 1. The summed E-state index contributed by atoms with van der Waals surface area (Å²) in [6.45, 7) is 4.36. The van der Waals surface area contributed by atoms with Gasteiger partial charge in [0.05, 0.1) is 11.8 Å². The van der Waals surface area contributed by atoms with Gasteiger partial charge in [-0.3, -0.25) is 4.98 Å². The summed E-state index contributed by atoms with van der Waals surface area (Å²) < 4.78 is 0. The van der Waals surface area contributed by atoms with E-state index in [0.29, 0.717) is 5.92 Å². The molecule has 0 amide bonds. The minimum Gasteiger partial charge on any atom is -0.348 e. The fourth-order valence-electron chi connectivity index (χ4n) is 2.54. The van der Waals surface area contributed by atoms with Gasteiger partial charge in [0.2, 0.25) is 0 Å². The van der Waals surface area contributed by atoms with Crippen LogP contribution in [-0.4, -0.2) is 15.0 Å². The van der Waals surface area contributed by atoms with Crippen LogP contribution in [0.4, 0.5) is 0 Å². The first-order valence-corrected chi connectivity index (χ1v) is 7.55. The summed E-state index contributed by atoms with van der Waals surface area (Å²) >= 11 is 1.71. The number of hydrogen-bond donors (Lipinski definition) is 1. The molecule has 102 valence electrons. The summed E-state index contributed by atoms with van der Waals surface area (Å²) in [5, 5.41) is 0. The Morgan fingerprint density at radius 2 is 2.10 bits per heavy atom. The van der Waals surface area contributed by atoms with Crippen LogP contribution in [0.1, 0.15) is 33.2 Å². The average Bonchev–Trinajstić information content (AvgIpc) is 3.11. The molecule has 0 fully saturated rings. The minimum atomic E-state index is 0.304. The Hall–Kier alpha value is -1.94. The Bertz CT molecular complexity index is 672. The van der Waals surface area contributed by atoms with Gasteiger partial charge in [-0.1, -0.05) is 18.2 Å². The molecule has 1 N–H and O–H groups in total. The molecule has 0 unspecified atom stereocenters. The second-order valence-corrected chi connectivity index (χ2v) is 5.99. The Morgan fingerprint density at radius 3 is 2.80 bits per heavy atom. The number of rotatable bonds is 4. The third kappa shape index (κ3) is 2.51. The van der Waals surface area contributed by atoms with Crippen molar-refractivity contribution < 1.29 is 0 Å². The van der Waals surface area contributed by atoms with Crippen LogP contribution in [0.25, 0.3) is 0 Å². The first-order valence-electron chi connectivity index (χ1n) is 6.67. The monoisotopic (exact) mass is 283 g/mol. The largest absolute Gasteiger partial charge is 0.348 e. The van der Waals surface area contributed by atoms with Crippen molar-refractivity contribution in [1.29, 1.82) is 0 Å². The van der Waals surface area contributed by atoms with Crippen LogP contribution < -0.4 is 0 Å². The van der Waals surface area contributed by atoms with Gasteiger partial charge in [0.25, 0.3) is 0 Å². The van der Waals surface area contributed by atoms with Gasteiger partial charge in [0.15, 0.2) is 0 Å². The summed E-state index contributed by atoms with van der Waals surface area (Å²) in [5.74, 6) is 0.304. The number of aromatic amines is 1. The molecular formula is C16H17N3S. The molecule has 20 heavy (non-hydrogen) atoms. The second-order valence-electron chi connectivity index (χ2n) is 5.02. The van der Waals surface area contributed by atoms with Gasteiger partial charge in [0, 0.05) is 28.9 Å². The Balaban J connectivity index is 2.03. The topological polar surface area (TPSA) is 41.6 Å². The highest BCUT2D eigenvalue weighted by Crippen LogP contribution is 2.31. The first kappa shape index (κ1) is 13.1. The quantitative estimate of drug-likeness (QED) is 0.790. The summed E-state index contributed by atoms with van der Waals surface area (Å²) in [5.41, 5.74) is 7.10. The zero-order valence-corrected chi connectivity index (χ0v) is 12.4. The Kier molecular flexibility index (Phi) is 3.65. The zero-order chi connectivity index (χ0) is 13.9. The van der Waals surface area contributed by atoms with E-state index in [1.165, 1.54) is 21.6 Å². The van der Waals surface area contributed by atoms with Crippen molar-refractivity contribution in [2.75, 3.05) is 0 Å². The fraction of sp³-hybridized carbons (Fsp3) is 0.250. The van der Waals surface area contributed by atoms with E-state index in [1.807, 2.05) is 17.9 Å². The van der Waals surface area contributed by atoms with Crippen molar-refractivity contribution in [3.63, 3.8) is 0 Å². The Morgan fingerprint density at radius 1 is 1.20 bits per heavy atom. The van der Waals surface area contributed by atoms with Crippen molar-refractivity contribution in [2.24, 2.45) is 0 Å². The maximum absolute atomic E-state index is 4.18. The standard InChI is InChI=1S/C16H17N3S/c1-11-4-3-5-14(12(11)2)15(16-8-17-9-19-16)6-13-7-18-10-20-13/h3-5,7-10,15H,6H2,1-2H3,(H,17,19)/t15-/m1/s1. The van der Waals surface area contributed by atoms with Gasteiger partial charge in [-0.2, -0.15) is 0 Å². The number of hydrogen-bond acceptors (Lipinski definition) is 3. The Labute approximate surface area is 122 Å². The first-order chi connectivity index (χ1) is 9.75. The van der Waals surface area contributed by atoms with Crippen LogP contribution in [-0.2, 0) is 6.42 Å². The number of aryl methyl sites for hydroxylation is 1. The third-order valence-corrected chi connectivity index (χ3v) is 4.61. The van der Waals surface area contributed by atoms with E-state index in [2.05, 4.69) is 47.0 Å². The van der Waals surface area contributed by atoms with Crippen LogP contribution in [0.2, 0.25) is 0 Å². The maximum atomic E-state index is 4.18. The van der Waals surface area contributed by atoms with Crippen LogP contribution in [0.5, 0.6) is 0 Å². The van der Waals surface area contributed by atoms with Crippen molar-refractivity contribution in [3.05, 3.63) is 69.7 Å². The van der Waals surface area contributed by atoms with E-state index in [-0.39, 0.29) is 0 Å². The SMILES string of the molecule is Cc1cccc([C@@H](Cc2cncs2)c2cnc[nH]2)c1C. The van der Waals surface area contributed by atoms with Crippen molar-refractivity contribution >= 4 is 11.3 Å². The van der Waals surface area contributed by atoms with E-state index < -0.39 is 0 Å². The molecular weight excluding hydrogens is 266 g/mol. The predicted octanol–water partition coefficient (Wildman–Crippen LogP) is 3.86. The molecule has 3 aromatic rings. The lowest BCUT2D eigenvalue weighted by atomic mass is 9.87. The lowest BCUT2D eigenvalue weighted by Gasteiger charge is -2.18. The molecule has 0 radical (unpaired) electrons. The summed E-state index contributed by atoms with van der Waals surface area (Å²) in [7, 11) is 0. The molecule has 0 saturated carbocycles. The summed E-state index contributed by atoms with van der Waals surface area (Å²) in [4.78, 5) is 12.9. The molecule has 0 spiro atoms. The van der Waals surface area contributed by atoms with Crippen LogP contribution in [0, 0.1) is 13.8 Å². The van der Waals surface area contributed by atoms with Gasteiger partial charge >= 0.3 is 0 Å². The predicted molar refractivity (Wildman–Crippen MR) is 82.2 cm³/mol. The number of nitrogens with one attached hydrogen (secondary N) is 1. The van der Waals surface area contributed by atoms with E-state index in [0.717, 1.165) is 12.1 Å². The number of thiazole rings is 1. The van der Waals surface area contributed by atoms with Gasteiger partial charge in [0.1, 0.15) is 0 Å². The van der Waals surface area contributed by atoms with Gasteiger partial charge in [-0.25, -0.2) is 4.98 Å². The smallest absolute Gasteiger partial charge is 0.0921 e. The molecule has 2 aromatic heterocycles. The van der Waals surface area contributed by atoms with Gasteiger partial charge < -0.3 is 4.98 Å². The highest BCUT2D eigenvalue weighted by atomic mass is 32.1. The number of imidazole rings is 1. The van der Waals surface area contributed by atoms with E-state index in [4.69, 9.17) is 0 Å². The normalized spacial score (nSPS) is 12.5. The molecule has 0 bridgehead atoms.